The molecule has 0 rings (SSSR count). The van der Waals surface area contributed by atoms with Gasteiger partial charge in [-0.3, -0.25) is 4.99 Å². The average molecular weight is 173 g/mol. The van der Waals surface area contributed by atoms with Crippen molar-refractivity contribution in [2.45, 2.75) is 35.1 Å². The highest BCUT2D eigenvalue weighted by atomic mass is 15.3. The highest BCUT2D eigenvalue weighted by Gasteiger charge is 1.67. The summed E-state index contributed by atoms with van der Waals surface area (Å²) in [5, 5.41) is 3.79. The normalized spacial score (nSPS) is 6.50. The van der Waals surface area contributed by atoms with Crippen LogP contribution in [0.4, 0.5) is 0 Å². The Morgan fingerprint density at radius 2 is 1.33 bits per heavy atom. The van der Waals surface area contributed by atoms with E-state index in [1.54, 1.807) is 14.1 Å². The molecule has 0 aliphatic heterocycles. The third kappa shape index (κ3) is 35.3. The van der Waals surface area contributed by atoms with Crippen molar-refractivity contribution in [3.8, 4) is 0 Å². The van der Waals surface area contributed by atoms with Gasteiger partial charge in [0.15, 0.2) is 0 Å². The highest BCUT2D eigenvalue weighted by molar-refractivity contribution is 5.79. The summed E-state index contributed by atoms with van der Waals surface area (Å²) in [5.41, 5.74) is 4.84. The van der Waals surface area contributed by atoms with Crippen LogP contribution in [-0.2, 0) is 0 Å². The van der Waals surface area contributed by atoms with Gasteiger partial charge in [-0.1, -0.05) is 7.43 Å². The van der Waals surface area contributed by atoms with Crippen molar-refractivity contribution in [1.82, 2.24) is 5.43 Å². The minimum atomic E-state index is 0. The zero-order valence-corrected chi connectivity index (χ0v) is 8.39. The number of aliphatic imine (C=N–C) groups is 1. The predicted molar refractivity (Wildman–Crippen MR) is 59.3 cm³/mol. The summed E-state index contributed by atoms with van der Waals surface area (Å²) in [6.45, 7) is 7.83. The molecule has 0 aromatic rings. The number of nitrogens with zero attached hydrogens (tertiary/aromatic N) is 2. The van der Waals surface area contributed by atoms with Crippen LogP contribution in [0.5, 0.6) is 0 Å². The van der Waals surface area contributed by atoms with Gasteiger partial charge in [0.1, 0.15) is 0 Å². The maximum absolute atomic E-state index is 3.81. The van der Waals surface area contributed by atoms with Gasteiger partial charge in [0.2, 0.25) is 0 Å². The molecular weight excluding hydrogens is 150 g/mol. The van der Waals surface area contributed by atoms with Gasteiger partial charge in [-0.2, -0.15) is 5.10 Å². The molecule has 3 heteroatoms. The zero-order valence-electron chi connectivity index (χ0n) is 8.39. The van der Waals surface area contributed by atoms with E-state index in [-0.39, 0.29) is 7.43 Å². The fourth-order valence-corrected chi connectivity index (χ4v) is 0.224. The van der Waals surface area contributed by atoms with Crippen LogP contribution in [0.15, 0.2) is 10.1 Å². The van der Waals surface area contributed by atoms with Crippen LogP contribution in [0.2, 0.25) is 0 Å². The summed E-state index contributed by atoms with van der Waals surface area (Å²) >= 11 is 0. The highest BCUT2D eigenvalue weighted by Crippen LogP contribution is 1.64. The zero-order chi connectivity index (χ0) is 9.28. The Kier molecular flexibility index (Phi) is 18.4. The molecule has 0 aliphatic rings. The molecule has 0 unspecified atom stereocenters. The second-order valence-corrected chi connectivity index (χ2v) is 2.45. The Morgan fingerprint density at radius 3 is 1.33 bits per heavy atom. The van der Waals surface area contributed by atoms with Gasteiger partial charge in [-0.15, -0.1) is 0 Å². The lowest BCUT2D eigenvalue weighted by atomic mass is 10.5. The summed E-state index contributed by atoms with van der Waals surface area (Å²) in [7, 11) is 3.57. The summed E-state index contributed by atoms with van der Waals surface area (Å²) in [6, 6.07) is 0. The molecule has 1 N–H and O–H groups in total. The van der Waals surface area contributed by atoms with E-state index in [2.05, 4.69) is 15.5 Å². The van der Waals surface area contributed by atoms with Crippen LogP contribution in [0.1, 0.15) is 35.1 Å². The Balaban J connectivity index is -0.000000126. The fraction of sp³-hybridized carbons (Fsp3) is 0.778. The van der Waals surface area contributed by atoms with Crippen LogP contribution < -0.4 is 5.43 Å². The second kappa shape index (κ2) is 12.8. The Labute approximate surface area is 77.0 Å². The molecule has 0 aromatic heterocycles. The Hall–Kier alpha value is -0.860. The van der Waals surface area contributed by atoms with Crippen LogP contribution in [0.25, 0.3) is 0 Å². The van der Waals surface area contributed by atoms with Crippen molar-refractivity contribution in [3.63, 3.8) is 0 Å². The first-order valence-corrected chi connectivity index (χ1v) is 3.62. The van der Waals surface area contributed by atoms with E-state index in [1.165, 1.54) is 0 Å². The van der Waals surface area contributed by atoms with E-state index in [9.17, 15) is 0 Å². The van der Waals surface area contributed by atoms with Crippen LogP contribution >= 0.6 is 0 Å². The maximum Gasteiger partial charge on any atom is 0.0316 e. The largest absolute Gasteiger partial charge is 0.313 e. The summed E-state index contributed by atoms with van der Waals surface area (Å²) < 4.78 is 0. The molecule has 0 amide bonds. The standard InChI is InChI=1S/C4H10N2.C4H9N.CH4/c1-4(2)6-5-3;1-4(2)5-3;/h5H,1-3H3;1-3H3;1H4. The van der Waals surface area contributed by atoms with Crippen molar-refractivity contribution < 1.29 is 0 Å². The molecule has 0 fully saturated rings. The second-order valence-electron chi connectivity index (χ2n) is 2.45. The number of hydrogen-bond acceptors (Lipinski definition) is 3. The molecule has 0 radical (unpaired) electrons. The molecular formula is C9H23N3. The molecule has 12 heavy (non-hydrogen) atoms. The molecule has 0 spiro atoms. The van der Waals surface area contributed by atoms with Gasteiger partial charge < -0.3 is 5.43 Å². The van der Waals surface area contributed by atoms with Crippen molar-refractivity contribution in [1.29, 1.82) is 0 Å². The topological polar surface area (TPSA) is 36.8 Å². The van der Waals surface area contributed by atoms with Gasteiger partial charge in [-0.25, -0.2) is 0 Å². The lowest BCUT2D eigenvalue weighted by Crippen LogP contribution is -1.96. The number of hydrogen-bond donors (Lipinski definition) is 1. The van der Waals surface area contributed by atoms with Gasteiger partial charge in [0.25, 0.3) is 0 Å². The summed E-state index contributed by atoms with van der Waals surface area (Å²) in [4.78, 5) is 3.81. The van der Waals surface area contributed by atoms with Crippen LogP contribution in [0.3, 0.4) is 0 Å². The van der Waals surface area contributed by atoms with Gasteiger partial charge in [-0.05, 0) is 27.7 Å². The Morgan fingerprint density at radius 1 is 1.00 bits per heavy atom. The van der Waals surface area contributed by atoms with E-state index in [1.807, 2.05) is 27.7 Å². The van der Waals surface area contributed by atoms with Gasteiger partial charge in [0.05, 0.1) is 0 Å². The molecule has 0 saturated heterocycles. The molecule has 0 aliphatic carbocycles. The summed E-state index contributed by atoms with van der Waals surface area (Å²) in [5.74, 6) is 0. The first-order chi connectivity index (χ1) is 5.04. The lowest BCUT2D eigenvalue weighted by molar-refractivity contribution is 0.898. The minimum absolute atomic E-state index is 0. The van der Waals surface area contributed by atoms with Crippen molar-refractivity contribution in [2.75, 3.05) is 14.1 Å². The SMILES string of the molecule is C.CN=C(C)C.CNN=C(C)C. The molecule has 0 bridgehead atoms. The number of rotatable bonds is 1. The fourth-order valence-electron chi connectivity index (χ4n) is 0.224. The number of nitrogens with one attached hydrogen (secondary N) is 1. The third-order valence-corrected chi connectivity index (χ3v) is 0.783. The summed E-state index contributed by atoms with van der Waals surface area (Å²) in [6.07, 6.45) is 0. The van der Waals surface area contributed by atoms with Gasteiger partial charge in [0, 0.05) is 25.5 Å². The molecule has 0 saturated carbocycles. The Bertz CT molecular complexity index is 129. The smallest absolute Gasteiger partial charge is 0.0316 e. The third-order valence-electron chi connectivity index (χ3n) is 0.783. The van der Waals surface area contributed by atoms with E-state index in [4.69, 9.17) is 0 Å². The molecule has 3 nitrogen and oxygen atoms in total. The van der Waals surface area contributed by atoms with Gasteiger partial charge >= 0.3 is 0 Å². The van der Waals surface area contributed by atoms with Crippen LogP contribution in [-0.4, -0.2) is 25.5 Å². The van der Waals surface area contributed by atoms with E-state index in [0.717, 1.165) is 11.4 Å². The maximum atomic E-state index is 3.81. The molecule has 0 aromatic carbocycles. The van der Waals surface area contributed by atoms with Crippen molar-refractivity contribution in [2.24, 2.45) is 10.1 Å². The van der Waals surface area contributed by atoms with E-state index in [0.29, 0.717) is 0 Å². The van der Waals surface area contributed by atoms with Crippen molar-refractivity contribution in [3.05, 3.63) is 0 Å². The quantitative estimate of drug-likeness (QED) is 0.479. The molecule has 74 valence electrons. The predicted octanol–water partition coefficient (Wildman–Crippen LogP) is 2.33. The molecule has 0 heterocycles. The first-order valence-electron chi connectivity index (χ1n) is 3.62. The molecule has 0 atom stereocenters. The first kappa shape index (κ1) is 17.3. The van der Waals surface area contributed by atoms with E-state index < -0.39 is 0 Å². The number of hydrazone groups is 1. The van der Waals surface area contributed by atoms with Crippen LogP contribution in [0, 0.1) is 0 Å². The van der Waals surface area contributed by atoms with Crippen molar-refractivity contribution >= 4 is 11.4 Å². The minimum Gasteiger partial charge on any atom is -0.313 e. The lowest BCUT2D eigenvalue weighted by Gasteiger charge is -1.84. The average Bonchev–Trinajstić information content (AvgIpc) is 1.89. The monoisotopic (exact) mass is 173 g/mol. The van der Waals surface area contributed by atoms with E-state index >= 15 is 0 Å².